The van der Waals surface area contributed by atoms with Crippen molar-refractivity contribution in [2.75, 3.05) is 20.7 Å². The van der Waals surface area contributed by atoms with Crippen molar-refractivity contribution in [3.63, 3.8) is 0 Å². The smallest absolute Gasteiger partial charge is 0.329 e. The van der Waals surface area contributed by atoms with E-state index in [1.165, 1.54) is 17.7 Å². The first-order valence-corrected chi connectivity index (χ1v) is 12.7. The van der Waals surface area contributed by atoms with Gasteiger partial charge in [0.15, 0.2) is 5.75 Å². The molecule has 1 aliphatic rings. The molecule has 0 bridgehead atoms. The predicted octanol–water partition coefficient (Wildman–Crippen LogP) is 3.08. The van der Waals surface area contributed by atoms with Gasteiger partial charge in [-0.3, -0.25) is 34.2 Å². The molecule has 1 aromatic heterocycles. The number of unbranched alkanes of at least 4 members (excludes halogenated alkanes) is 2. The number of hydrogen-bond acceptors (Lipinski definition) is 7. The lowest BCUT2D eigenvalue weighted by Gasteiger charge is -2.21. The summed E-state index contributed by atoms with van der Waals surface area (Å²) in [5.41, 5.74) is 3.25. The summed E-state index contributed by atoms with van der Waals surface area (Å²) in [6.45, 7) is 1.56. The Morgan fingerprint density at radius 3 is 2.55 bits per heavy atom. The average molecular weight is 524 g/mol. The number of imide groups is 1. The first-order valence-electron chi connectivity index (χ1n) is 12.7. The SMILES string of the molecule is COc1cc(CN(C)CCCCCc2ccc3c(c2)n(C)c(=O)n3C2CCC(=O)NC2=O)ccc1[N+](=O)[O-]. The zero-order chi connectivity index (χ0) is 27.4. The molecule has 0 aliphatic carbocycles. The van der Waals surface area contributed by atoms with E-state index in [4.69, 9.17) is 4.74 Å². The maximum Gasteiger partial charge on any atom is 0.329 e. The fraction of sp³-hybridized carbons (Fsp3) is 0.444. The van der Waals surface area contributed by atoms with E-state index in [-0.39, 0.29) is 29.5 Å². The second-order valence-corrected chi connectivity index (χ2v) is 9.81. The molecule has 1 N–H and O–H groups in total. The second-order valence-electron chi connectivity index (χ2n) is 9.81. The fourth-order valence-corrected chi connectivity index (χ4v) is 5.04. The predicted molar refractivity (Wildman–Crippen MR) is 142 cm³/mol. The number of methoxy groups -OCH3 is 1. The van der Waals surface area contributed by atoms with Gasteiger partial charge in [0, 0.05) is 26.1 Å². The molecule has 2 heterocycles. The topological polar surface area (TPSA) is 129 Å². The number of carbonyl (C=O) groups is 2. The quantitative estimate of drug-likeness (QED) is 0.177. The Labute approximate surface area is 220 Å². The summed E-state index contributed by atoms with van der Waals surface area (Å²) in [4.78, 5) is 49.6. The van der Waals surface area contributed by atoms with Crippen LogP contribution in [0.15, 0.2) is 41.2 Å². The van der Waals surface area contributed by atoms with Crippen LogP contribution >= 0.6 is 0 Å². The largest absolute Gasteiger partial charge is 0.490 e. The summed E-state index contributed by atoms with van der Waals surface area (Å²) in [7, 11) is 5.16. The van der Waals surface area contributed by atoms with Gasteiger partial charge in [0.1, 0.15) is 6.04 Å². The van der Waals surface area contributed by atoms with Crippen molar-refractivity contribution in [1.82, 2.24) is 19.4 Å². The third-order valence-electron chi connectivity index (χ3n) is 7.07. The van der Waals surface area contributed by atoms with E-state index < -0.39 is 16.9 Å². The Balaban J connectivity index is 1.30. The fourth-order valence-electron chi connectivity index (χ4n) is 5.04. The molecule has 1 fully saturated rings. The normalized spacial score (nSPS) is 15.7. The molecule has 0 saturated carbocycles. The lowest BCUT2D eigenvalue weighted by molar-refractivity contribution is -0.385. The molecule has 11 nitrogen and oxygen atoms in total. The summed E-state index contributed by atoms with van der Waals surface area (Å²) in [5, 5.41) is 13.4. The number of aromatic nitrogens is 2. The van der Waals surface area contributed by atoms with Crippen LogP contribution in [0.2, 0.25) is 0 Å². The van der Waals surface area contributed by atoms with Gasteiger partial charge in [-0.05, 0) is 68.6 Å². The molecule has 1 saturated heterocycles. The van der Waals surface area contributed by atoms with Crippen LogP contribution in [0, 0.1) is 10.1 Å². The van der Waals surface area contributed by atoms with Gasteiger partial charge in [-0.1, -0.05) is 18.6 Å². The molecule has 11 heteroatoms. The number of benzene rings is 2. The lowest BCUT2D eigenvalue weighted by Crippen LogP contribution is -2.44. The number of hydrogen-bond donors (Lipinski definition) is 1. The van der Waals surface area contributed by atoms with Gasteiger partial charge in [0.25, 0.3) is 0 Å². The molecule has 2 aromatic carbocycles. The molecule has 0 radical (unpaired) electrons. The monoisotopic (exact) mass is 523 g/mol. The number of nitro groups is 1. The van der Waals surface area contributed by atoms with E-state index >= 15 is 0 Å². The highest BCUT2D eigenvalue weighted by Crippen LogP contribution is 2.28. The van der Waals surface area contributed by atoms with Crippen LogP contribution in [-0.4, -0.2) is 51.5 Å². The number of fused-ring (bicyclic) bond motifs is 1. The van der Waals surface area contributed by atoms with Crippen LogP contribution in [0.1, 0.15) is 49.3 Å². The van der Waals surface area contributed by atoms with Gasteiger partial charge >= 0.3 is 11.4 Å². The number of nitro benzene ring substituents is 1. The molecule has 3 aromatic rings. The summed E-state index contributed by atoms with van der Waals surface area (Å²) in [5.74, 6) is -0.472. The van der Waals surface area contributed by atoms with Crippen LogP contribution in [0.5, 0.6) is 5.75 Å². The number of nitrogens with zero attached hydrogens (tertiary/aromatic N) is 4. The van der Waals surface area contributed by atoms with Crippen LogP contribution < -0.4 is 15.7 Å². The minimum atomic E-state index is -0.682. The minimum absolute atomic E-state index is 0.0373. The number of piperidine rings is 1. The van der Waals surface area contributed by atoms with Gasteiger partial charge in [0.05, 0.1) is 23.1 Å². The van der Waals surface area contributed by atoms with Gasteiger partial charge in [-0.2, -0.15) is 0 Å². The first kappa shape index (κ1) is 27.1. The number of imidazole rings is 1. The molecule has 1 atom stereocenters. The zero-order valence-electron chi connectivity index (χ0n) is 21.9. The van der Waals surface area contributed by atoms with Crippen molar-refractivity contribution >= 4 is 28.5 Å². The summed E-state index contributed by atoms with van der Waals surface area (Å²) in [6, 6.07) is 10.2. The number of ether oxygens (including phenoxy) is 1. The maximum absolute atomic E-state index is 12.9. The Morgan fingerprint density at radius 1 is 1.08 bits per heavy atom. The Bertz CT molecular complexity index is 1430. The molecule has 0 spiro atoms. The summed E-state index contributed by atoms with van der Waals surface area (Å²) in [6.07, 6.45) is 4.44. The number of carbonyl (C=O) groups excluding carboxylic acids is 2. The number of rotatable bonds is 11. The van der Waals surface area contributed by atoms with E-state index in [0.717, 1.165) is 48.9 Å². The highest BCUT2D eigenvalue weighted by Gasteiger charge is 2.31. The maximum atomic E-state index is 12.9. The third-order valence-corrected chi connectivity index (χ3v) is 7.07. The lowest BCUT2D eigenvalue weighted by atomic mass is 10.0. The molecular weight excluding hydrogens is 490 g/mol. The van der Waals surface area contributed by atoms with Crippen molar-refractivity contribution in [2.45, 2.75) is 51.1 Å². The molecule has 38 heavy (non-hydrogen) atoms. The summed E-state index contributed by atoms with van der Waals surface area (Å²) >= 11 is 0. The molecular formula is C27H33N5O6. The minimum Gasteiger partial charge on any atom is -0.490 e. The number of amides is 2. The van der Waals surface area contributed by atoms with Crippen molar-refractivity contribution in [3.05, 3.63) is 68.1 Å². The summed E-state index contributed by atoms with van der Waals surface area (Å²) < 4.78 is 8.21. The molecule has 1 unspecified atom stereocenters. The van der Waals surface area contributed by atoms with Crippen LogP contribution in [0.25, 0.3) is 11.0 Å². The number of nitrogens with one attached hydrogen (secondary N) is 1. The Kier molecular flexibility index (Phi) is 8.26. The van der Waals surface area contributed by atoms with Crippen LogP contribution in [0.3, 0.4) is 0 Å². The van der Waals surface area contributed by atoms with E-state index in [9.17, 15) is 24.5 Å². The van der Waals surface area contributed by atoms with Gasteiger partial charge in [-0.25, -0.2) is 4.79 Å². The zero-order valence-corrected chi connectivity index (χ0v) is 21.9. The van der Waals surface area contributed by atoms with Crippen LogP contribution in [0.4, 0.5) is 5.69 Å². The first-order chi connectivity index (χ1) is 18.2. The van der Waals surface area contributed by atoms with E-state index in [2.05, 4.69) is 10.2 Å². The second kappa shape index (κ2) is 11.6. The van der Waals surface area contributed by atoms with Crippen molar-refractivity contribution in [1.29, 1.82) is 0 Å². The number of aryl methyl sites for hydroxylation is 2. The highest BCUT2D eigenvalue weighted by atomic mass is 16.6. The molecule has 4 rings (SSSR count). The molecule has 1 aliphatic heterocycles. The van der Waals surface area contributed by atoms with Crippen molar-refractivity contribution in [3.8, 4) is 5.75 Å². The Hall–Kier alpha value is -3.99. The van der Waals surface area contributed by atoms with E-state index in [1.54, 1.807) is 23.7 Å². The van der Waals surface area contributed by atoms with Crippen molar-refractivity contribution in [2.24, 2.45) is 7.05 Å². The van der Waals surface area contributed by atoms with Gasteiger partial charge < -0.3 is 9.64 Å². The van der Waals surface area contributed by atoms with E-state index in [1.807, 2.05) is 25.2 Å². The average Bonchev–Trinajstić information content (AvgIpc) is 3.13. The third kappa shape index (κ3) is 5.77. The Morgan fingerprint density at radius 2 is 1.84 bits per heavy atom. The van der Waals surface area contributed by atoms with Crippen LogP contribution in [-0.2, 0) is 29.6 Å². The van der Waals surface area contributed by atoms with Gasteiger partial charge in [-0.15, -0.1) is 0 Å². The molecule has 202 valence electrons. The standard InChI is InChI=1S/C27H33N5O6/c1-29(17-19-9-11-21(32(36)37)24(16-19)38-3)14-6-4-5-7-18-8-10-20-23(15-18)30(2)27(35)31(20)22-12-13-25(33)28-26(22)34/h8-11,15-16,22H,4-7,12-14,17H2,1-3H3,(H,28,33,34). The van der Waals surface area contributed by atoms with E-state index in [0.29, 0.717) is 18.5 Å². The van der Waals surface area contributed by atoms with Gasteiger partial charge in [0.2, 0.25) is 11.8 Å². The molecule has 2 amide bonds. The highest BCUT2D eigenvalue weighted by molar-refractivity contribution is 6.00. The van der Waals surface area contributed by atoms with Crippen molar-refractivity contribution < 1.29 is 19.2 Å².